The Morgan fingerprint density at radius 3 is 2.43 bits per heavy atom. The van der Waals surface area contributed by atoms with Gasteiger partial charge in [0.15, 0.2) is 0 Å². The van der Waals surface area contributed by atoms with Crippen LogP contribution in [-0.4, -0.2) is 9.55 Å². The average molecular weight is 194 g/mol. The van der Waals surface area contributed by atoms with Crippen molar-refractivity contribution in [3.63, 3.8) is 0 Å². The Labute approximate surface area is 87.4 Å². The number of aromatic nitrogens is 2. The first-order chi connectivity index (χ1) is 6.39. The molecule has 0 aliphatic carbocycles. The summed E-state index contributed by atoms with van der Waals surface area (Å²) in [6.07, 6.45) is 5.34. The molecule has 0 unspecified atom stereocenters. The molecule has 0 spiro atoms. The van der Waals surface area contributed by atoms with Gasteiger partial charge in [-0.2, -0.15) is 0 Å². The third kappa shape index (κ3) is 3.17. The van der Waals surface area contributed by atoms with Crippen molar-refractivity contribution in [1.82, 2.24) is 9.55 Å². The van der Waals surface area contributed by atoms with Crippen molar-refractivity contribution in [2.75, 3.05) is 0 Å². The van der Waals surface area contributed by atoms with E-state index in [9.17, 15) is 0 Å². The summed E-state index contributed by atoms with van der Waals surface area (Å²) in [5.74, 6) is 0.760. The lowest BCUT2D eigenvalue weighted by molar-refractivity contribution is 0.514. The first-order valence-corrected chi connectivity index (χ1v) is 5.42. The molecule has 2 nitrogen and oxygen atoms in total. The zero-order valence-electron chi connectivity index (χ0n) is 10.0. The maximum absolute atomic E-state index is 4.43. The molecule has 80 valence electrons. The number of hydrogen-bond acceptors (Lipinski definition) is 1. The van der Waals surface area contributed by atoms with Gasteiger partial charge in [0.05, 0.1) is 12.0 Å². The molecule has 0 fully saturated rings. The second-order valence-electron chi connectivity index (χ2n) is 5.43. The van der Waals surface area contributed by atoms with Crippen molar-refractivity contribution in [3.8, 4) is 0 Å². The SMILES string of the molecule is CC(C)CCn1cnc(C(C)(C)C)c1. The zero-order valence-corrected chi connectivity index (χ0v) is 10.0. The van der Waals surface area contributed by atoms with Crippen LogP contribution in [0.4, 0.5) is 0 Å². The third-order valence-corrected chi connectivity index (χ3v) is 2.37. The summed E-state index contributed by atoms with van der Waals surface area (Å²) in [6.45, 7) is 12.2. The van der Waals surface area contributed by atoms with Crippen LogP contribution in [0.15, 0.2) is 12.5 Å². The molecule has 0 amide bonds. The van der Waals surface area contributed by atoms with E-state index in [1.54, 1.807) is 0 Å². The van der Waals surface area contributed by atoms with Crippen LogP contribution in [0.2, 0.25) is 0 Å². The average Bonchev–Trinajstić information content (AvgIpc) is 2.47. The quantitative estimate of drug-likeness (QED) is 0.722. The van der Waals surface area contributed by atoms with Gasteiger partial charge < -0.3 is 4.57 Å². The molecule has 0 bridgehead atoms. The molecule has 14 heavy (non-hydrogen) atoms. The van der Waals surface area contributed by atoms with Crippen LogP contribution in [0, 0.1) is 5.92 Å². The van der Waals surface area contributed by atoms with Gasteiger partial charge >= 0.3 is 0 Å². The number of imidazole rings is 1. The third-order valence-electron chi connectivity index (χ3n) is 2.37. The van der Waals surface area contributed by atoms with E-state index < -0.39 is 0 Å². The number of rotatable bonds is 3. The maximum atomic E-state index is 4.43. The Morgan fingerprint density at radius 1 is 1.36 bits per heavy atom. The molecule has 0 saturated heterocycles. The van der Waals surface area contributed by atoms with Gasteiger partial charge in [0.1, 0.15) is 0 Å². The van der Waals surface area contributed by atoms with Gasteiger partial charge in [-0.05, 0) is 12.3 Å². The zero-order chi connectivity index (χ0) is 10.8. The van der Waals surface area contributed by atoms with E-state index in [1.165, 1.54) is 12.1 Å². The fourth-order valence-corrected chi connectivity index (χ4v) is 1.28. The van der Waals surface area contributed by atoms with Crippen molar-refractivity contribution in [2.24, 2.45) is 5.92 Å². The summed E-state index contributed by atoms with van der Waals surface area (Å²) in [4.78, 5) is 4.43. The summed E-state index contributed by atoms with van der Waals surface area (Å²) >= 11 is 0. The van der Waals surface area contributed by atoms with Gasteiger partial charge in [0, 0.05) is 18.2 Å². The van der Waals surface area contributed by atoms with Gasteiger partial charge in [-0.15, -0.1) is 0 Å². The fourth-order valence-electron chi connectivity index (χ4n) is 1.28. The Balaban J connectivity index is 2.60. The van der Waals surface area contributed by atoms with Crippen LogP contribution >= 0.6 is 0 Å². The molecule has 0 radical (unpaired) electrons. The van der Waals surface area contributed by atoms with E-state index in [2.05, 4.69) is 50.4 Å². The van der Waals surface area contributed by atoms with Gasteiger partial charge in [-0.1, -0.05) is 34.6 Å². The van der Waals surface area contributed by atoms with Crippen molar-refractivity contribution >= 4 is 0 Å². The molecule has 2 heteroatoms. The number of nitrogens with zero attached hydrogens (tertiary/aromatic N) is 2. The maximum Gasteiger partial charge on any atom is 0.0949 e. The molecule has 0 aliphatic rings. The standard InChI is InChI=1S/C12H22N2/c1-10(2)6-7-14-8-11(13-9-14)12(3,4)5/h8-10H,6-7H2,1-5H3. The summed E-state index contributed by atoms with van der Waals surface area (Å²) < 4.78 is 2.20. The van der Waals surface area contributed by atoms with Crippen LogP contribution in [0.5, 0.6) is 0 Å². The van der Waals surface area contributed by atoms with Gasteiger partial charge in [-0.3, -0.25) is 0 Å². The highest BCUT2D eigenvalue weighted by molar-refractivity contribution is 5.08. The molecule has 1 aromatic heterocycles. The van der Waals surface area contributed by atoms with Crippen LogP contribution in [0.1, 0.15) is 46.7 Å². The summed E-state index contributed by atoms with van der Waals surface area (Å²) in [5, 5.41) is 0. The van der Waals surface area contributed by atoms with E-state index in [0.717, 1.165) is 12.5 Å². The monoisotopic (exact) mass is 194 g/mol. The predicted molar refractivity (Wildman–Crippen MR) is 60.4 cm³/mol. The largest absolute Gasteiger partial charge is 0.337 e. The van der Waals surface area contributed by atoms with E-state index >= 15 is 0 Å². The number of aryl methyl sites for hydroxylation is 1. The van der Waals surface area contributed by atoms with Crippen LogP contribution in [0.25, 0.3) is 0 Å². The highest BCUT2D eigenvalue weighted by Gasteiger charge is 2.16. The minimum atomic E-state index is 0.170. The molecule has 0 aliphatic heterocycles. The van der Waals surface area contributed by atoms with Gasteiger partial charge in [0.2, 0.25) is 0 Å². The Hall–Kier alpha value is -0.790. The second-order valence-corrected chi connectivity index (χ2v) is 5.43. The lowest BCUT2D eigenvalue weighted by Crippen LogP contribution is -2.11. The topological polar surface area (TPSA) is 17.8 Å². The Bertz CT molecular complexity index is 279. The molecular formula is C12H22N2. The lowest BCUT2D eigenvalue weighted by atomic mass is 9.93. The summed E-state index contributed by atoms with van der Waals surface area (Å²) in [6, 6.07) is 0. The normalized spacial score (nSPS) is 12.4. The predicted octanol–water partition coefficient (Wildman–Crippen LogP) is 3.23. The highest BCUT2D eigenvalue weighted by Crippen LogP contribution is 2.19. The van der Waals surface area contributed by atoms with E-state index in [0.29, 0.717) is 0 Å². The minimum Gasteiger partial charge on any atom is -0.337 e. The fraction of sp³-hybridized carbons (Fsp3) is 0.750. The van der Waals surface area contributed by atoms with E-state index in [-0.39, 0.29) is 5.41 Å². The minimum absolute atomic E-state index is 0.170. The van der Waals surface area contributed by atoms with Gasteiger partial charge in [-0.25, -0.2) is 4.98 Å². The van der Waals surface area contributed by atoms with Crippen molar-refractivity contribution < 1.29 is 0 Å². The summed E-state index contributed by atoms with van der Waals surface area (Å²) in [7, 11) is 0. The van der Waals surface area contributed by atoms with Crippen molar-refractivity contribution in [3.05, 3.63) is 18.2 Å². The number of hydrogen-bond donors (Lipinski definition) is 0. The van der Waals surface area contributed by atoms with Crippen molar-refractivity contribution in [1.29, 1.82) is 0 Å². The molecule has 1 aromatic rings. The molecule has 0 atom stereocenters. The Kier molecular flexibility index (Phi) is 3.35. The lowest BCUT2D eigenvalue weighted by Gasteiger charge is -2.14. The smallest absolute Gasteiger partial charge is 0.0949 e. The molecular weight excluding hydrogens is 172 g/mol. The van der Waals surface area contributed by atoms with Crippen molar-refractivity contribution in [2.45, 2.75) is 53.0 Å². The van der Waals surface area contributed by atoms with Gasteiger partial charge in [0.25, 0.3) is 0 Å². The van der Waals surface area contributed by atoms with Crippen LogP contribution in [0.3, 0.4) is 0 Å². The first kappa shape index (κ1) is 11.3. The summed E-state index contributed by atoms with van der Waals surface area (Å²) in [5.41, 5.74) is 1.35. The molecule has 0 aromatic carbocycles. The molecule has 0 N–H and O–H groups in total. The van der Waals surface area contributed by atoms with E-state index in [1.807, 2.05) is 6.33 Å². The Morgan fingerprint density at radius 2 is 2.00 bits per heavy atom. The van der Waals surface area contributed by atoms with E-state index in [4.69, 9.17) is 0 Å². The van der Waals surface area contributed by atoms with Crippen LogP contribution in [-0.2, 0) is 12.0 Å². The second kappa shape index (κ2) is 4.16. The highest BCUT2D eigenvalue weighted by atomic mass is 15.0. The molecule has 0 saturated carbocycles. The van der Waals surface area contributed by atoms with Crippen LogP contribution < -0.4 is 0 Å². The first-order valence-electron chi connectivity index (χ1n) is 5.42. The molecule has 1 heterocycles. The molecule has 1 rings (SSSR count).